The van der Waals surface area contributed by atoms with Crippen molar-refractivity contribution in [3.05, 3.63) is 36.4 Å². The summed E-state index contributed by atoms with van der Waals surface area (Å²) >= 11 is 0. The number of ether oxygens (including phenoxy) is 1. The number of likely N-dealkylation sites (tertiary alicyclic amines) is 1. The van der Waals surface area contributed by atoms with E-state index in [1.54, 1.807) is 25.7 Å². The average Bonchev–Trinajstić information content (AvgIpc) is 3.69. The summed E-state index contributed by atoms with van der Waals surface area (Å²) in [5.41, 5.74) is 1.24. The molecule has 2 amide bonds. The first-order valence-electron chi connectivity index (χ1n) is 15.7. The highest BCUT2D eigenvalue weighted by molar-refractivity contribution is 5.98. The maximum atomic E-state index is 12.4. The normalized spacial score (nSPS) is 15.8. The number of nitrogens with one attached hydrogen (secondary N) is 1. The van der Waals surface area contributed by atoms with Crippen LogP contribution in [0.25, 0.3) is 22.3 Å². The van der Waals surface area contributed by atoms with E-state index in [9.17, 15) is 14.7 Å². The number of nitrogens with zero attached hydrogens (tertiary/aromatic N) is 5. The number of para-hydroxylation sites is 1. The van der Waals surface area contributed by atoms with Gasteiger partial charge in [-0.05, 0) is 46.1 Å². The number of unbranched alkanes of at least 4 members (excludes halogenated alkanes) is 8. The zero-order chi connectivity index (χ0) is 30.8. The van der Waals surface area contributed by atoms with Crippen molar-refractivity contribution in [1.82, 2.24) is 24.9 Å². The van der Waals surface area contributed by atoms with Crippen LogP contribution in [0.3, 0.4) is 0 Å². The zero-order valence-electron chi connectivity index (χ0n) is 26.0. The summed E-state index contributed by atoms with van der Waals surface area (Å²) < 4.78 is 13.3. The number of aryl methyl sites for hydroxylation is 1. The van der Waals surface area contributed by atoms with Crippen molar-refractivity contribution >= 4 is 29.0 Å². The van der Waals surface area contributed by atoms with Crippen molar-refractivity contribution in [3.8, 4) is 11.4 Å². The minimum Gasteiger partial charge on any atom is -0.465 e. The van der Waals surface area contributed by atoms with E-state index in [2.05, 4.69) is 45.3 Å². The van der Waals surface area contributed by atoms with E-state index in [0.29, 0.717) is 24.7 Å². The van der Waals surface area contributed by atoms with Crippen molar-refractivity contribution in [2.45, 2.75) is 117 Å². The second-order valence-corrected chi connectivity index (χ2v) is 12.2. The number of hydrogen-bond acceptors (Lipinski definition) is 6. The predicted molar refractivity (Wildman–Crippen MR) is 166 cm³/mol. The highest BCUT2D eigenvalue weighted by Crippen LogP contribution is 2.34. The number of aliphatic imine (C=N–C) groups is 1. The quantitative estimate of drug-likeness (QED) is 0.123. The second-order valence-electron chi connectivity index (χ2n) is 12.2. The van der Waals surface area contributed by atoms with Crippen LogP contribution in [0.5, 0.6) is 0 Å². The van der Waals surface area contributed by atoms with Gasteiger partial charge in [-0.25, -0.2) is 9.59 Å². The molecule has 3 aromatic rings. The summed E-state index contributed by atoms with van der Waals surface area (Å²) in [4.78, 5) is 34.3. The van der Waals surface area contributed by atoms with Gasteiger partial charge in [0.2, 0.25) is 17.7 Å². The lowest BCUT2D eigenvalue weighted by Gasteiger charge is -2.25. The van der Waals surface area contributed by atoms with Crippen LogP contribution in [-0.4, -0.2) is 55.0 Å². The molecular formula is C32H46N6O5. The number of rotatable bonds is 12. The molecule has 0 unspecified atom stereocenters. The van der Waals surface area contributed by atoms with Gasteiger partial charge >= 0.3 is 12.2 Å². The number of guanidine groups is 1. The lowest BCUT2D eigenvalue weighted by atomic mass is 10.1. The maximum Gasteiger partial charge on any atom is 0.437 e. The number of carboxylic acid groups (broad SMARTS) is 1. The van der Waals surface area contributed by atoms with Gasteiger partial charge in [0, 0.05) is 35.8 Å². The Morgan fingerprint density at radius 3 is 2.49 bits per heavy atom. The molecule has 4 rings (SSSR count). The molecular weight excluding hydrogens is 548 g/mol. The number of fused-ring (bicyclic) bond motifs is 1. The van der Waals surface area contributed by atoms with Crippen molar-refractivity contribution < 1.29 is 24.0 Å². The Labute approximate surface area is 253 Å². The highest BCUT2D eigenvalue weighted by Gasteiger charge is 2.35. The van der Waals surface area contributed by atoms with Gasteiger partial charge in [-0.3, -0.25) is 5.32 Å². The molecule has 1 aliphatic heterocycles. The minimum atomic E-state index is -1.33. The van der Waals surface area contributed by atoms with Gasteiger partial charge in [-0.1, -0.05) is 81.6 Å². The smallest absolute Gasteiger partial charge is 0.437 e. The van der Waals surface area contributed by atoms with Gasteiger partial charge in [-0.2, -0.15) is 4.98 Å². The van der Waals surface area contributed by atoms with E-state index in [-0.39, 0.29) is 5.96 Å². The molecule has 1 saturated heterocycles. The standard InChI is InChI=1S/C32H46N6O5/c1-5-6-7-8-9-10-11-12-15-20-37-22-24(23-17-13-14-18-25(23)37)27-33-28(43-36-27)26-19-16-21-38(26)29(34-30(39)40)35-31(41)42-32(2,3)4/h13-14,17-18,22,26H,5-12,15-16,19-21H2,1-4H3,(H,39,40)(H,34,35,41)/t26-/m0/s1. The molecule has 3 heterocycles. The van der Waals surface area contributed by atoms with Crippen LogP contribution in [0, 0.1) is 0 Å². The fraction of sp³-hybridized carbons (Fsp3) is 0.594. The average molecular weight is 595 g/mol. The zero-order valence-corrected chi connectivity index (χ0v) is 26.0. The first kappa shape index (κ1) is 32.0. The van der Waals surface area contributed by atoms with Crippen molar-refractivity contribution in [2.24, 2.45) is 4.99 Å². The summed E-state index contributed by atoms with van der Waals surface area (Å²) in [7, 11) is 0. The number of benzene rings is 1. The number of hydrogen-bond donors (Lipinski definition) is 2. The minimum absolute atomic E-state index is 0.124. The van der Waals surface area contributed by atoms with Gasteiger partial charge in [0.1, 0.15) is 11.6 Å². The van der Waals surface area contributed by atoms with Crippen LogP contribution in [0.15, 0.2) is 40.0 Å². The molecule has 0 bridgehead atoms. The molecule has 0 radical (unpaired) electrons. The predicted octanol–water partition coefficient (Wildman–Crippen LogP) is 7.92. The lowest BCUT2D eigenvalue weighted by Crippen LogP contribution is -2.44. The Morgan fingerprint density at radius 1 is 1.09 bits per heavy atom. The molecule has 11 nitrogen and oxygen atoms in total. The summed E-state index contributed by atoms with van der Waals surface area (Å²) in [6, 6.07) is 7.79. The third-order valence-corrected chi connectivity index (χ3v) is 7.59. The monoisotopic (exact) mass is 594 g/mol. The Morgan fingerprint density at radius 2 is 1.79 bits per heavy atom. The number of carbonyl (C=O) groups excluding carboxylic acids is 1. The SMILES string of the molecule is CCCCCCCCCCCn1cc(-c2noc([C@@H]3CCCN3C(=NC(=O)OC(C)(C)C)NC(=O)O)n2)c2ccccc21. The molecule has 2 aromatic heterocycles. The first-order chi connectivity index (χ1) is 20.7. The van der Waals surface area contributed by atoms with E-state index < -0.39 is 23.8 Å². The van der Waals surface area contributed by atoms with Crippen molar-refractivity contribution in [1.29, 1.82) is 0 Å². The molecule has 11 heteroatoms. The van der Waals surface area contributed by atoms with Crippen LogP contribution >= 0.6 is 0 Å². The van der Waals surface area contributed by atoms with Gasteiger partial charge in [0.05, 0.1) is 0 Å². The molecule has 43 heavy (non-hydrogen) atoms. The van der Waals surface area contributed by atoms with Crippen LogP contribution < -0.4 is 5.32 Å². The Hall–Kier alpha value is -3.89. The summed E-state index contributed by atoms with van der Waals surface area (Å²) in [5, 5.41) is 17.0. The van der Waals surface area contributed by atoms with E-state index in [1.807, 2.05) is 12.1 Å². The van der Waals surface area contributed by atoms with Crippen LogP contribution in [0.4, 0.5) is 9.59 Å². The summed E-state index contributed by atoms with van der Waals surface area (Å²) in [6.45, 7) is 8.79. The molecule has 0 spiro atoms. The van der Waals surface area contributed by atoms with E-state index in [0.717, 1.165) is 35.9 Å². The van der Waals surface area contributed by atoms with E-state index >= 15 is 0 Å². The number of carbonyl (C=O) groups is 2. The van der Waals surface area contributed by atoms with E-state index in [1.165, 1.54) is 51.4 Å². The third kappa shape index (κ3) is 9.05. The molecule has 1 atom stereocenters. The molecule has 1 fully saturated rings. The second kappa shape index (κ2) is 15.0. The summed E-state index contributed by atoms with van der Waals surface area (Å²) in [6.07, 6.45) is 12.8. The Balaban J connectivity index is 1.47. The Kier molecular flexibility index (Phi) is 11.2. The molecule has 1 aromatic carbocycles. The fourth-order valence-electron chi connectivity index (χ4n) is 5.59. The largest absolute Gasteiger partial charge is 0.465 e. The lowest BCUT2D eigenvalue weighted by molar-refractivity contribution is 0.0600. The van der Waals surface area contributed by atoms with Gasteiger partial charge in [-0.15, -0.1) is 4.99 Å². The van der Waals surface area contributed by atoms with Crippen molar-refractivity contribution in [3.63, 3.8) is 0 Å². The highest BCUT2D eigenvalue weighted by atomic mass is 16.6. The number of aromatic nitrogens is 3. The van der Waals surface area contributed by atoms with E-state index in [4.69, 9.17) is 14.2 Å². The number of amides is 2. The molecule has 0 saturated carbocycles. The molecule has 234 valence electrons. The third-order valence-electron chi connectivity index (χ3n) is 7.59. The Bertz CT molecular complexity index is 1390. The maximum absolute atomic E-state index is 12.4. The van der Waals surface area contributed by atoms with Crippen LogP contribution in [0.1, 0.15) is 110 Å². The molecule has 1 aliphatic rings. The first-order valence-corrected chi connectivity index (χ1v) is 15.7. The van der Waals surface area contributed by atoms with Crippen LogP contribution in [-0.2, 0) is 11.3 Å². The van der Waals surface area contributed by atoms with Crippen LogP contribution in [0.2, 0.25) is 0 Å². The van der Waals surface area contributed by atoms with Gasteiger partial charge in [0.15, 0.2) is 0 Å². The fourth-order valence-corrected chi connectivity index (χ4v) is 5.59. The van der Waals surface area contributed by atoms with Crippen molar-refractivity contribution in [2.75, 3.05) is 6.54 Å². The summed E-state index contributed by atoms with van der Waals surface area (Å²) in [5.74, 6) is 0.689. The molecule has 2 N–H and O–H groups in total. The molecule has 0 aliphatic carbocycles. The topological polar surface area (TPSA) is 135 Å². The van der Waals surface area contributed by atoms with Gasteiger partial charge < -0.3 is 23.8 Å². The van der Waals surface area contributed by atoms with Gasteiger partial charge in [0.25, 0.3) is 0 Å².